The number of aryl methyl sites for hydroxylation is 2. The van der Waals surface area contributed by atoms with Gasteiger partial charge in [0.05, 0.1) is 26.3 Å². The van der Waals surface area contributed by atoms with Gasteiger partial charge >= 0.3 is 0 Å². The van der Waals surface area contributed by atoms with Gasteiger partial charge in [0, 0.05) is 41.9 Å². The zero-order chi connectivity index (χ0) is 26.7. The van der Waals surface area contributed by atoms with Gasteiger partial charge in [0.2, 0.25) is 6.41 Å². The number of ether oxygens (including phenoxy) is 2. The average molecular weight is 506 g/mol. The number of nitrogens with one attached hydrogen (secondary N) is 1. The Morgan fingerprint density at radius 3 is 2.32 bits per heavy atom. The van der Waals surface area contributed by atoms with E-state index in [9.17, 15) is 9.59 Å². The number of piperidine rings is 1. The van der Waals surface area contributed by atoms with Crippen LogP contribution in [0, 0.1) is 13.8 Å². The second-order valence-electron chi connectivity index (χ2n) is 10.3. The molecule has 37 heavy (non-hydrogen) atoms. The third-order valence-corrected chi connectivity index (χ3v) is 7.68. The number of likely N-dealkylation sites (tertiary alicyclic amines) is 1. The normalized spacial score (nSPS) is 19.0. The largest absolute Gasteiger partial charge is 0.497 e. The molecule has 4 rings (SSSR count). The molecule has 7 nitrogen and oxygen atoms in total. The van der Waals surface area contributed by atoms with Crippen LogP contribution in [-0.4, -0.2) is 61.5 Å². The molecule has 1 N–H and O–H groups in total. The first kappa shape index (κ1) is 26.7. The number of amides is 2. The van der Waals surface area contributed by atoms with Crippen LogP contribution < -0.4 is 14.8 Å². The van der Waals surface area contributed by atoms with E-state index >= 15 is 0 Å². The Kier molecular flexibility index (Phi) is 7.93. The van der Waals surface area contributed by atoms with E-state index in [1.807, 2.05) is 47.9 Å². The van der Waals surface area contributed by atoms with Crippen molar-refractivity contribution in [3.8, 4) is 11.5 Å². The lowest BCUT2D eigenvalue weighted by atomic mass is 9.81. The Bertz CT molecular complexity index is 1180. The van der Waals surface area contributed by atoms with Crippen molar-refractivity contribution in [2.75, 3.05) is 33.9 Å². The highest BCUT2D eigenvalue weighted by Crippen LogP contribution is 2.42. The molecular formula is C30H39N3O4. The van der Waals surface area contributed by atoms with Crippen LogP contribution in [0.1, 0.15) is 65.2 Å². The molecule has 2 aromatic carbocycles. The van der Waals surface area contributed by atoms with Gasteiger partial charge in [0.25, 0.3) is 5.91 Å². The Hall–Kier alpha value is -3.32. The summed E-state index contributed by atoms with van der Waals surface area (Å²) in [5.41, 5.74) is 5.55. The Balaban J connectivity index is 1.66. The summed E-state index contributed by atoms with van der Waals surface area (Å²) >= 11 is 0. The van der Waals surface area contributed by atoms with Gasteiger partial charge < -0.3 is 24.6 Å². The highest BCUT2D eigenvalue weighted by Gasteiger charge is 2.42. The molecule has 2 aliphatic heterocycles. The van der Waals surface area contributed by atoms with Crippen molar-refractivity contribution in [1.82, 2.24) is 15.1 Å². The number of hydrogen-bond donors (Lipinski definition) is 1. The summed E-state index contributed by atoms with van der Waals surface area (Å²) < 4.78 is 11.2. The van der Waals surface area contributed by atoms with Crippen molar-refractivity contribution >= 4 is 12.3 Å². The van der Waals surface area contributed by atoms with Gasteiger partial charge in [-0.05, 0) is 57.0 Å². The summed E-state index contributed by atoms with van der Waals surface area (Å²) in [6, 6.07) is 9.90. The summed E-state index contributed by atoms with van der Waals surface area (Å²) in [7, 11) is 3.30. The summed E-state index contributed by atoms with van der Waals surface area (Å²) in [4.78, 5) is 29.6. The Labute approximate surface area is 220 Å². The SMILES string of the molecule is CCNC1(C2=C[C@H](C)c3c(cc(OC)cc3OC)CN2C=O)CCN(C(=O)c2cc(C)cc(C)c2)CC1. The molecule has 2 aromatic rings. The first-order valence-electron chi connectivity index (χ1n) is 13.1. The average Bonchev–Trinajstić information content (AvgIpc) is 3.04. The van der Waals surface area contributed by atoms with Gasteiger partial charge in [0.15, 0.2) is 0 Å². The number of likely N-dealkylation sites (N-methyl/N-ethyl adjacent to an activating group) is 1. The minimum Gasteiger partial charge on any atom is -0.497 e. The van der Waals surface area contributed by atoms with E-state index in [-0.39, 0.29) is 11.8 Å². The molecule has 0 aliphatic carbocycles. The number of allylic oxidation sites excluding steroid dienone is 1. The highest BCUT2D eigenvalue weighted by atomic mass is 16.5. The van der Waals surface area contributed by atoms with E-state index in [0.29, 0.717) is 25.4 Å². The summed E-state index contributed by atoms with van der Waals surface area (Å²) in [6.45, 7) is 10.7. The van der Waals surface area contributed by atoms with Gasteiger partial charge in [-0.25, -0.2) is 0 Å². The van der Waals surface area contributed by atoms with Crippen LogP contribution in [0.4, 0.5) is 0 Å². The van der Waals surface area contributed by atoms with Crippen LogP contribution in [0.3, 0.4) is 0 Å². The number of rotatable bonds is 7. The minimum atomic E-state index is -0.414. The molecule has 0 saturated carbocycles. The van der Waals surface area contributed by atoms with E-state index in [2.05, 4.69) is 31.3 Å². The predicted octanol–water partition coefficient (Wildman–Crippen LogP) is 4.56. The second kappa shape index (κ2) is 11.0. The lowest BCUT2D eigenvalue weighted by molar-refractivity contribution is -0.117. The number of carbonyl (C=O) groups excluding carboxylic acids is 2. The van der Waals surface area contributed by atoms with Crippen LogP contribution in [0.5, 0.6) is 11.5 Å². The van der Waals surface area contributed by atoms with E-state index in [4.69, 9.17) is 9.47 Å². The second-order valence-corrected chi connectivity index (χ2v) is 10.3. The molecule has 1 saturated heterocycles. The molecule has 0 spiro atoms. The molecule has 0 aromatic heterocycles. The van der Waals surface area contributed by atoms with E-state index in [0.717, 1.165) is 65.1 Å². The molecule has 0 bridgehead atoms. The Morgan fingerprint density at radius 2 is 1.76 bits per heavy atom. The van der Waals surface area contributed by atoms with Crippen molar-refractivity contribution in [1.29, 1.82) is 0 Å². The summed E-state index contributed by atoms with van der Waals surface area (Å²) in [5.74, 6) is 1.56. The van der Waals surface area contributed by atoms with Crippen LogP contribution in [0.15, 0.2) is 42.1 Å². The van der Waals surface area contributed by atoms with Crippen LogP contribution in [-0.2, 0) is 11.3 Å². The zero-order valence-electron chi connectivity index (χ0n) is 22.9. The Morgan fingerprint density at radius 1 is 1.08 bits per heavy atom. The van der Waals surface area contributed by atoms with Gasteiger partial charge in [0.1, 0.15) is 11.5 Å². The maximum atomic E-state index is 13.4. The molecule has 0 radical (unpaired) electrons. The number of methoxy groups -OCH3 is 2. The molecule has 2 amide bonds. The smallest absolute Gasteiger partial charge is 0.253 e. The van der Waals surface area contributed by atoms with E-state index in [1.54, 1.807) is 14.2 Å². The van der Waals surface area contributed by atoms with Gasteiger partial charge in [-0.2, -0.15) is 0 Å². The standard InChI is InChI=1S/C30H39N3O4/c1-7-31-30(8-10-32(11-9-30)29(35)23-13-20(2)12-21(3)14-23)27-15-22(4)28-24(18-33(27)19-34)16-25(36-5)17-26(28)37-6/h12-17,19,22,31H,7-11,18H2,1-6H3/t22-/m0/s1. The lowest BCUT2D eigenvalue weighted by Gasteiger charge is -2.46. The van der Waals surface area contributed by atoms with Gasteiger partial charge in [-0.1, -0.05) is 37.1 Å². The van der Waals surface area contributed by atoms with Gasteiger partial charge in [-0.3, -0.25) is 9.59 Å². The zero-order valence-corrected chi connectivity index (χ0v) is 22.9. The third kappa shape index (κ3) is 5.23. The fourth-order valence-corrected chi connectivity index (χ4v) is 6.04. The maximum absolute atomic E-state index is 13.4. The number of benzene rings is 2. The number of fused-ring (bicyclic) bond motifs is 1. The maximum Gasteiger partial charge on any atom is 0.253 e. The van der Waals surface area contributed by atoms with Crippen LogP contribution >= 0.6 is 0 Å². The monoisotopic (exact) mass is 505 g/mol. The molecule has 1 atom stereocenters. The first-order chi connectivity index (χ1) is 17.7. The predicted molar refractivity (Wildman–Crippen MR) is 145 cm³/mol. The van der Waals surface area contributed by atoms with Crippen molar-refractivity contribution < 1.29 is 19.1 Å². The third-order valence-electron chi connectivity index (χ3n) is 7.68. The highest BCUT2D eigenvalue weighted by molar-refractivity contribution is 5.94. The van der Waals surface area contributed by atoms with Crippen molar-refractivity contribution in [2.24, 2.45) is 0 Å². The first-order valence-corrected chi connectivity index (χ1v) is 13.1. The van der Waals surface area contributed by atoms with Crippen LogP contribution in [0.25, 0.3) is 0 Å². The minimum absolute atomic E-state index is 0.0290. The van der Waals surface area contributed by atoms with Crippen molar-refractivity contribution in [2.45, 2.75) is 58.5 Å². The number of nitrogens with zero attached hydrogens (tertiary/aromatic N) is 2. The topological polar surface area (TPSA) is 71.1 Å². The lowest BCUT2D eigenvalue weighted by Crippen LogP contribution is -2.58. The molecular weight excluding hydrogens is 466 g/mol. The quantitative estimate of drug-likeness (QED) is 0.559. The number of carbonyl (C=O) groups is 2. The van der Waals surface area contributed by atoms with Gasteiger partial charge in [-0.15, -0.1) is 0 Å². The molecule has 2 aliphatic rings. The van der Waals surface area contributed by atoms with Crippen LogP contribution in [0.2, 0.25) is 0 Å². The van der Waals surface area contributed by atoms with E-state index in [1.165, 1.54) is 0 Å². The fraction of sp³-hybridized carbons (Fsp3) is 0.467. The molecule has 0 unspecified atom stereocenters. The molecule has 7 heteroatoms. The summed E-state index contributed by atoms with van der Waals surface area (Å²) in [6.07, 6.45) is 4.55. The summed E-state index contributed by atoms with van der Waals surface area (Å²) in [5, 5.41) is 3.71. The molecule has 1 fully saturated rings. The number of hydrogen-bond acceptors (Lipinski definition) is 5. The molecule has 198 valence electrons. The van der Waals surface area contributed by atoms with Crippen molar-refractivity contribution in [3.05, 3.63) is 69.9 Å². The van der Waals surface area contributed by atoms with E-state index < -0.39 is 5.54 Å². The van der Waals surface area contributed by atoms with Crippen molar-refractivity contribution in [3.63, 3.8) is 0 Å². The molecule has 2 heterocycles. The fourth-order valence-electron chi connectivity index (χ4n) is 6.04.